The maximum absolute atomic E-state index is 13.2. The first-order valence-electron chi connectivity index (χ1n) is 10.7. The molecule has 4 rings (SSSR count). The van der Waals surface area contributed by atoms with Gasteiger partial charge in [-0.1, -0.05) is 72.8 Å². The molecule has 166 valence electrons. The molecule has 0 fully saturated rings. The molecule has 1 atom stereocenters. The van der Waals surface area contributed by atoms with E-state index in [1.54, 1.807) is 18.3 Å². The van der Waals surface area contributed by atoms with Crippen LogP contribution in [0.4, 0.5) is 0 Å². The lowest BCUT2D eigenvalue weighted by Crippen LogP contribution is -2.44. The topological polar surface area (TPSA) is 77.4 Å². The van der Waals surface area contributed by atoms with Gasteiger partial charge < -0.3 is 14.6 Å². The van der Waals surface area contributed by atoms with Gasteiger partial charge in [-0.2, -0.15) is 0 Å². The zero-order valence-electron chi connectivity index (χ0n) is 18.2. The number of pyridine rings is 1. The van der Waals surface area contributed by atoms with Gasteiger partial charge in [0.25, 0.3) is 5.91 Å². The van der Waals surface area contributed by atoms with Crippen LogP contribution in [0.1, 0.15) is 21.5 Å². The molecule has 1 N–H and O–H groups in total. The SMILES string of the molecule is COC(=O)[C@H](Cc1ccccc1)NC(=O)c1cn(Cc2ccccc2)c2ccccc2c1=O. The van der Waals surface area contributed by atoms with Crippen molar-refractivity contribution in [2.75, 3.05) is 7.11 Å². The van der Waals surface area contributed by atoms with E-state index >= 15 is 0 Å². The van der Waals surface area contributed by atoms with Crippen LogP contribution in [0, 0.1) is 0 Å². The van der Waals surface area contributed by atoms with E-state index in [1.165, 1.54) is 7.11 Å². The van der Waals surface area contributed by atoms with E-state index in [0.717, 1.165) is 16.6 Å². The van der Waals surface area contributed by atoms with Crippen LogP contribution in [-0.4, -0.2) is 29.6 Å². The number of ether oxygens (including phenoxy) is 1. The average molecular weight is 440 g/mol. The molecule has 6 nitrogen and oxygen atoms in total. The predicted molar refractivity (Wildman–Crippen MR) is 127 cm³/mol. The average Bonchev–Trinajstić information content (AvgIpc) is 2.86. The van der Waals surface area contributed by atoms with Crippen molar-refractivity contribution >= 4 is 22.8 Å². The Balaban J connectivity index is 1.70. The van der Waals surface area contributed by atoms with Crippen LogP contribution in [0.25, 0.3) is 10.9 Å². The number of hydrogen-bond donors (Lipinski definition) is 1. The molecular formula is C27H24N2O4. The highest BCUT2D eigenvalue weighted by molar-refractivity contribution is 5.99. The Labute approximate surface area is 191 Å². The van der Waals surface area contributed by atoms with Gasteiger partial charge in [-0.05, 0) is 23.3 Å². The number of methoxy groups -OCH3 is 1. The molecule has 0 aliphatic carbocycles. The molecule has 1 amide bonds. The quantitative estimate of drug-likeness (QED) is 0.446. The minimum atomic E-state index is -0.918. The summed E-state index contributed by atoms with van der Waals surface area (Å²) in [5, 5.41) is 3.15. The second-order valence-corrected chi connectivity index (χ2v) is 7.74. The van der Waals surface area contributed by atoms with Gasteiger partial charge in [0, 0.05) is 24.5 Å². The Bertz CT molecular complexity index is 1330. The summed E-state index contributed by atoms with van der Waals surface area (Å²) in [4.78, 5) is 38.7. The first-order chi connectivity index (χ1) is 16.1. The Hall–Kier alpha value is -4.19. The monoisotopic (exact) mass is 440 g/mol. The predicted octanol–water partition coefficient (Wildman–Crippen LogP) is 3.56. The molecule has 0 spiro atoms. The van der Waals surface area contributed by atoms with E-state index in [0.29, 0.717) is 11.9 Å². The molecule has 0 radical (unpaired) electrons. The van der Waals surface area contributed by atoms with E-state index < -0.39 is 17.9 Å². The third kappa shape index (κ3) is 5.01. The van der Waals surface area contributed by atoms with Gasteiger partial charge in [0.15, 0.2) is 0 Å². The van der Waals surface area contributed by atoms with Gasteiger partial charge in [0.05, 0.1) is 12.6 Å². The summed E-state index contributed by atoms with van der Waals surface area (Å²) >= 11 is 0. The first kappa shape index (κ1) is 22.0. The molecule has 1 aromatic heterocycles. The first-order valence-corrected chi connectivity index (χ1v) is 10.7. The van der Waals surface area contributed by atoms with Gasteiger partial charge in [-0.3, -0.25) is 9.59 Å². The zero-order chi connectivity index (χ0) is 23.2. The maximum atomic E-state index is 13.2. The number of esters is 1. The van der Waals surface area contributed by atoms with Crippen molar-refractivity contribution in [3.8, 4) is 0 Å². The summed E-state index contributed by atoms with van der Waals surface area (Å²) < 4.78 is 6.77. The standard InChI is InChI=1S/C27H24N2O4/c1-33-27(32)23(16-19-10-4-2-5-11-19)28-26(31)22-18-29(17-20-12-6-3-7-13-20)24-15-9-8-14-21(24)25(22)30/h2-15,18,23H,16-17H2,1H3,(H,28,31)/t23-/m0/s1. The van der Waals surface area contributed by atoms with E-state index in [9.17, 15) is 14.4 Å². The Kier molecular flexibility index (Phi) is 6.64. The highest BCUT2D eigenvalue weighted by atomic mass is 16.5. The molecule has 0 saturated heterocycles. The number of carbonyl (C=O) groups is 2. The van der Waals surface area contributed by atoms with Crippen LogP contribution in [0.2, 0.25) is 0 Å². The second-order valence-electron chi connectivity index (χ2n) is 7.74. The molecule has 33 heavy (non-hydrogen) atoms. The van der Waals surface area contributed by atoms with Crippen molar-refractivity contribution in [3.05, 3.63) is 118 Å². The van der Waals surface area contributed by atoms with Crippen LogP contribution >= 0.6 is 0 Å². The van der Waals surface area contributed by atoms with Crippen molar-refractivity contribution in [3.63, 3.8) is 0 Å². The fourth-order valence-electron chi connectivity index (χ4n) is 3.84. The molecule has 0 aliphatic rings. The molecule has 0 bridgehead atoms. The Morgan fingerprint density at radius 1 is 0.879 bits per heavy atom. The lowest BCUT2D eigenvalue weighted by Gasteiger charge is -2.18. The lowest BCUT2D eigenvalue weighted by atomic mass is 10.0. The third-order valence-electron chi connectivity index (χ3n) is 5.50. The van der Waals surface area contributed by atoms with Crippen molar-refractivity contribution in [1.29, 1.82) is 0 Å². The maximum Gasteiger partial charge on any atom is 0.328 e. The summed E-state index contributed by atoms with van der Waals surface area (Å²) in [5.41, 5.74) is 2.24. The lowest BCUT2D eigenvalue weighted by molar-refractivity contribution is -0.142. The molecule has 6 heteroatoms. The Morgan fingerprint density at radius 3 is 2.15 bits per heavy atom. The van der Waals surface area contributed by atoms with Crippen LogP contribution in [0.5, 0.6) is 0 Å². The number of carbonyl (C=O) groups excluding carboxylic acids is 2. The molecule has 3 aromatic carbocycles. The summed E-state index contributed by atoms with van der Waals surface area (Å²) in [6, 6.07) is 25.4. The van der Waals surface area contributed by atoms with Gasteiger partial charge in [-0.25, -0.2) is 4.79 Å². The van der Waals surface area contributed by atoms with Gasteiger partial charge in [0.2, 0.25) is 5.43 Å². The van der Waals surface area contributed by atoms with Gasteiger partial charge >= 0.3 is 5.97 Å². The second kappa shape index (κ2) is 9.96. The molecule has 4 aromatic rings. The van der Waals surface area contributed by atoms with Crippen LogP contribution in [-0.2, 0) is 22.5 Å². The highest BCUT2D eigenvalue weighted by Gasteiger charge is 2.24. The van der Waals surface area contributed by atoms with Crippen molar-refractivity contribution in [2.45, 2.75) is 19.0 Å². The fraction of sp³-hybridized carbons (Fsp3) is 0.148. The largest absolute Gasteiger partial charge is 0.467 e. The number of para-hydroxylation sites is 1. The number of rotatable bonds is 7. The summed E-state index contributed by atoms with van der Waals surface area (Å²) in [7, 11) is 1.27. The van der Waals surface area contributed by atoms with Gasteiger partial charge in [0.1, 0.15) is 11.6 Å². The molecule has 0 saturated carbocycles. The minimum absolute atomic E-state index is 0.0217. The fourth-order valence-corrected chi connectivity index (χ4v) is 3.84. The number of benzene rings is 3. The number of amides is 1. The Morgan fingerprint density at radius 2 is 1.48 bits per heavy atom. The smallest absolute Gasteiger partial charge is 0.328 e. The van der Waals surface area contributed by atoms with Crippen LogP contribution in [0.3, 0.4) is 0 Å². The van der Waals surface area contributed by atoms with Crippen molar-refractivity contribution in [2.24, 2.45) is 0 Å². The number of aromatic nitrogens is 1. The normalized spacial score (nSPS) is 11.7. The highest BCUT2D eigenvalue weighted by Crippen LogP contribution is 2.15. The van der Waals surface area contributed by atoms with Crippen molar-refractivity contribution in [1.82, 2.24) is 9.88 Å². The van der Waals surface area contributed by atoms with E-state index in [4.69, 9.17) is 4.74 Å². The molecule has 0 aliphatic heterocycles. The zero-order valence-corrected chi connectivity index (χ0v) is 18.2. The van der Waals surface area contributed by atoms with Crippen LogP contribution < -0.4 is 10.7 Å². The summed E-state index contributed by atoms with van der Waals surface area (Å²) in [5.74, 6) is -1.18. The van der Waals surface area contributed by atoms with E-state index in [-0.39, 0.29) is 17.4 Å². The number of fused-ring (bicyclic) bond motifs is 1. The van der Waals surface area contributed by atoms with Crippen molar-refractivity contribution < 1.29 is 14.3 Å². The van der Waals surface area contributed by atoms with Gasteiger partial charge in [-0.15, -0.1) is 0 Å². The summed E-state index contributed by atoms with van der Waals surface area (Å²) in [6.45, 7) is 0.492. The molecular weight excluding hydrogens is 416 g/mol. The number of nitrogens with one attached hydrogen (secondary N) is 1. The third-order valence-corrected chi connectivity index (χ3v) is 5.50. The summed E-state index contributed by atoms with van der Waals surface area (Å²) in [6.07, 6.45) is 1.81. The number of hydrogen-bond acceptors (Lipinski definition) is 4. The minimum Gasteiger partial charge on any atom is -0.467 e. The van der Waals surface area contributed by atoms with Crippen LogP contribution in [0.15, 0.2) is 95.9 Å². The molecule has 0 unspecified atom stereocenters. The number of nitrogens with zero attached hydrogens (tertiary/aromatic N) is 1. The van der Waals surface area contributed by atoms with E-state index in [1.807, 2.05) is 77.4 Å². The molecule has 1 heterocycles. The van der Waals surface area contributed by atoms with E-state index in [2.05, 4.69) is 5.32 Å².